The molecule has 2 rings (SSSR count). The van der Waals surface area contributed by atoms with Crippen LogP contribution in [0.4, 0.5) is 9.80 Å². The summed E-state index contributed by atoms with van der Waals surface area (Å²) in [5.74, 6) is 0.494. The molecule has 0 spiro atoms. The van der Waals surface area contributed by atoms with Crippen LogP contribution < -0.4 is 5.32 Å². The summed E-state index contributed by atoms with van der Waals surface area (Å²) in [5, 5.41) is 15.1. The molecule has 0 saturated carbocycles. The van der Waals surface area contributed by atoms with Gasteiger partial charge < -0.3 is 10.0 Å². The van der Waals surface area contributed by atoms with E-state index in [0.717, 1.165) is 35.0 Å². The molecule has 2 amide bonds. The van der Waals surface area contributed by atoms with Gasteiger partial charge in [0.05, 0.1) is 22.3 Å². The Balaban J connectivity index is 2.12. The van der Waals surface area contributed by atoms with Crippen LogP contribution in [0.25, 0.3) is 0 Å². The summed E-state index contributed by atoms with van der Waals surface area (Å²) < 4.78 is 0. The lowest BCUT2D eigenvalue weighted by Crippen LogP contribution is -2.49. The molecule has 5 nitrogen and oxygen atoms in total. The number of hydrogen-bond donors (Lipinski definition) is 2. The van der Waals surface area contributed by atoms with Gasteiger partial charge in [-0.25, -0.2) is 9.78 Å². The number of urea groups is 1. The van der Waals surface area contributed by atoms with E-state index < -0.39 is 5.60 Å². The monoisotopic (exact) mass is 325 g/mol. The normalized spacial score (nSPS) is 19.0. The highest BCUT2D eigenvalue weighted by atomic mass is 32.1. The Kier molecular flexibility index (Phi) is 5.12. The SMILES string of the molecule is Cc1nc(CC(C)C)c(NC(=O)N2CCC[C@@H]2C(C)(C)O)s1. The van der Waals surface area contributed by atoms with E-state index in [1.54, 1.807) is 18.7 Å². The van der Waals surface area contributed by atoms with Gasteiger partial charge in [0.2, 0.25) is 0 Å². The summed E-state index contributed by atoms with van der Waals surface area (Å²) in [5.41, 5.74) is 0.0861. The van der Waals surface area contributed by atoms with Crippen LogP contribution in [-0.2, 0) is 6.42 Å². The van der Waals surface area contributed by atoms with Crippen LogP contribution >= 0.6 is 11.3 Å². The largest absolute Gasteiger partial charge is 0.388 e. The van der Waals surface area contributed by atoms with Gasteiger partial charge in [-0.1, -0.05) is 13.8 Å². The molecule has 2 heterocycles. The highest BCUT2D eigenvalue weighted by Crippen LogP contribution is 2.30. The average molecular weight is 325 g/mol. The molecule has 2 N–H and O–H groups in total. The summed E-state index contributed by atoms with van der Waals surface area (Å²) in [4.78, 5) is 18.9. The maximum absolute atomic E-state index is 12.6. The molecule has 6 heteroatoms. The molecule has 1 aromatic rings. The number of carbonyl (C=O) groups is 1. The molecule has 0 bridgehead atoms. The van der Waals surface area contributed by atoms with Crippen molar-refractivity contribution in [1.29, 1.82) is 0 Å². The molecule has 1 aromatic heterocycles. The number of rotatable bonds is 4. The first-order valence-corrected chi connectivity index (χ1v) is 8.76. The highest BCUT2D eigenvalue weighted by molar-refractivity contribution is 7.16. The van der Waals surface area contributed by atoms with E-state index in [-0.39, 0.29) is 12.1 Å². The zero-order valence-electron chi connectivity index (χ0n) is 14.1. The number of nitrogens with zero attached hydrogens (tertiary/aromatic N) is 2. The third-order valence-corrected chi connectivity index (χ3v) is 4.88. The minimum atomic E-state index is -0.877. The van der Waals surface area contributed by atoms with Gasteiger partial charge in [-0.2, -0.15) is 0 Å². The van der Waals surface area contributed by atoms with E-state index in [0.29, 0.717) is 12.5 Å². The lowest BCUT2D eigenvalue weighted by molar-refractivity contribution is 0.0117. The molecule has 1 saturated heterocycles. The fourth-order valence-corrected chi connectivity index (χ4v) is 3.84. The van der Waals surface area contributed by atoms with Crippen LogP contribution in [-0.4, -0.2) is 39.2 Å². The average Bonchev–Trinajstić information content (AvgIpc) is 2.95. The van der Waals surface area contributed by atoms with Crippen molar-refractivity contribution in [2.45, 2.75) is 65.5 Å². The van der Waals surface area contributed by atoms with E-state index in [1.165, 1.54) is 11.3 Å². The van der Waals surface area contributed by atoms with Crippen molar-refractivity contribution in [3.05, 3.63) is 10.7 Å². The molecule has 124 valence electrons. The number of anilines is 1. The molecule has 1 fully saturated rings. The van der Waals surface area contributed by atoms with Gasteiger partial charge in [0.25, 0.3) is 0 Å². The molecule has 0 aromatic carbocycles. The Bertz CT molecular complexity index is 534. The lowest BCUT2D eigenvalue weighted by atomic mass is 9.97. The quantitative estimate of drug-likeness (QED) is 0.891. The van der Waals surface area contributed by atoms with E-state index >= 15 is 0 Å². The number of carbonyl (C=O) groups excluding carboxylic acids is 1. The molecule has 0 radical (unpaired) electrons. The van der Waals surface area contributed by atoms with Gasteiger partial charge in [0.15, 0.2) is 0 Å². The van der Waals surface area contributed by atoms with Crippen LogP contribution in [0.2, 0.25) is 0 Å². The maximum atomic E-state index is 12.6. The van der Waals surface area contributed by atoms with Crippen LogP contribution in [0.1, 0.15) is 51.2 Å². The van der Waals surface area contributed by atoms with Gasteiger partial charge in [0.1, 0.15) is 5.00 Å². The highest BCUT2D eigenvalue weighted by Gasteiger charge is 2.38. The van der Waals surface area contributed by atoms with Crippen molar-refractivity contribution in [2.24, 2.45) is 5.92 Å². The van der Waals surface area contributed by atoms with Crippen molar-refractivity contribution in [3.8, 4) is 0 Å². The number of thiazole rings is 1. The standard InChI is InChI=1S/C16H27N3O2S/c1-10(2)9-12-14(22-11(3)17-12)18-15(20)19-8-6-7-13(19)16(4,5)21/h10,13,21H,6-9H2,1-5H3,(H,18,20)/t13-/m1/s1. The van der Waals surface area contributed by atoms with E-state index in [2.05, 4.69) is 24.1 Å². The smallest absolute Gasteiger partial charge is 0.322 e. The second-order valence-corrected chi connectivity index (χ2v) is 8.25. The maximum Gasteiger partial charge on any atom is 0.322 e. The number of amides is 2. The van der Waals surface area contributed by atoms with Crippen LogP contribution in [0.15, 0.2) is 0 Å². The number of hydrogen-bond acceptors (Lipinski definition) is 4. The molecule has 0 unspecified atom stereocenters. The predicted molar refractivity (Wildman–Crippen MR) is 90.4 cm³/mol. The number of aromatic nitrogens is 1. The summed E-state index contributed by atoms with van der Waals surface area (Å²) in [6.07, 6.45) is 2.63. The second-order valence-electron chi connectivity index (χ2n) is 7.04. The minimum absolute atomic E-state index is 0.127. The molecular weight excluding hydrogens is 298 g/mol. The number of aryl methyl sites for hydroxylation is 1. The van der Waals surface area contributed by atoms with Crippen LogP contribution in [0, 0.1) is 12.8 Å². The Labute approximate surface area is 136 Å². The fraction of sp³-hybridized carbons (Fsp3) is 0.750. The van der Waals surface area contributed by atoms with Gasteiger partial charge in [-0.05, 0) is 46.0 Å². The van der Waals surface area contributed by atoms with Crippen molar-refractivity contribution in [1.82, 2.24) is 9.88 Å². The Hall–Kier alpha value is -1.14. The van der Waals surface area contributed by atoms with E-state index in [1.807, 2.05) is 6.92 Å². The van der Waals surface area contributed by atoms with Gasteiger partial charge in [0, 0.05) is 6.54 Å². The third kappa shape index (κ3) is 3.98. The summed E-state index contributed by atoms with van der Waals surface area (Å²) in [6.45, 7) is 10.5. The van der Waals surface area contributed by atoms with Gasteiger partial charge >= 0.3 is 6.03 Å². The topological polar surface area (TPSA) is 65.5 Å². The van der Waals surface area contributed by atoms with Crippen LogP contribution in [0.3, 0.4) is 0 Å². The fourth-order valence-electron chi connectivity index (χ4n) is 3.01. The molecular formula is C16H27N3O2S. The van der Waals surface area contributed by atoms with Crippen molar-refractivity contribution < 1.29 is 9.90 Å². The number of aliphatic hydroxyl groups is 1. The van der Waals surface area contributed by atoms with E-state index in [9.17, 15) is 9.90 Å². The van der Waals surface area contributed by atoms with Crippen LogP contribution in [0.5, 0.6) is 0 Å². The van der Waals surface area contributed by atoms with Crippen molar-refractivity contribution in [2.75, 3.05) is 11.9 Å². The molecule has 1 atom stereocenters. The van der Waals surface area contributed by atoms with Crippen molar-refractivity contribution in [3.63, 3.8) is 0 Å². The van der Waals surface area contributed by atoms with Crippen molar-refractivity contribution >= 4 is 22.4 Å². The van der Waals surface area contributed by atoms with E-state index in [4.69, 9.17) is 0 Å². The number of nitrogens with one attached hydrogen (secondary N) is 1. The third-order valence-electron chi connectivity index (χ3n) is 3.96. The Morgan fingerprint density at radius 2 is 2.23 bits per heavy atom. The summed E-state index contributed by atoms with van der Waals surface area (Å²) in [6, 6.07) is -0.256. The first-order chi connectivity index (χ1) is 10.2. The summed E-state index contributed by atoms with van der Waals surface area (Å²) >= 11 is 1.52. The molecule has 0 aliphatic carbocycles. The van der Waals surface area contributed by atoms with Gasteiger partial charge in [-0.15, -0.1) is 11.3 Å². The zero-order chi connectivity index (χ0) is 16.5. The molecule has 1 aliphatic heterocycles. The number of likely N-dealkylation sites (tertiary alicyclic amines) is 1. The van der Waals surface area contributed by atoms with Gasteiger partial charge in [-0.3, -0.25) is 5.32 Å². The predicted octanol–water partition coefficient (Wildman–Crippen LogP) is 3.42. The molecule has 22 heavy (non-hydrogen) atoms. The lowest BCUT2D eigenvalue weighted by Gasteiger charge is -2.33. The minimum Gasteiger partial charge on any atom is -0.388 e. The first kappa shape index (κ1) is 17.2. The Morgan fingerprint density at radius 3 is 2.82 bits per heavy atom. The summed E-state index contributed by atoms with van der Waals surface area (Å²) in [7, 11) is 0. The zero-order valence-corrected chi connectivity index (χ0v) is 15.0. The molecule has 1 aliphatic rings. The first-order valence-electron chi connectivity index (χ1n) is 7.94. The Morgan fingerprint density at radius 1 is 1.55 bits per heavy atom. The second kappa shape index (κ2) is 6.54.